The highest BCUT2D eigenvalue weighted by Gasteiger charge is 2.38. The fraction of sp³-hybridized carbons (Fsp3) is 0.435. The van der Waals surface area contributed by atoms with E-state index in [1.54, 1.807) is 24.3 Å². The van der Waals surface area contributed by atoms with Crippen LogP contribution in [0.4, 0.5) is 0 Å². The van der Waals surface area contributed by atoms with Gasteiger partial charge in [0, 0.05) is 5.56 Å². The number of aliphatic hydroxyl groups excluding tert-OH is 1. The summed E-state index contributed by atoms with van der Waals surface area (Å²) in [6, 6.07) is 12.9. The third kappa shape index (κ3) is 3.41. The first kappa shape index (κ1) is 18.7. The molecule has 1 unspecified atom stereocenters. The Balaban J connectivity index is 1.95. The van der Waals surface area contributed by atoms with Gasteiger partial charge < -0.3 is 9.84 Å². The molecule has 0 radical (unpaired) electrons. The van der Waals surface area contributed by atoms with E-state index in [0.29, 0.717) is 11.1 Å². The van der Waals surface area contributed by atoms with E-state index in [4.69, 9.17) is 4.74 Å². The second-order valence-corrected chi connectivity index (χ2v) is 8.65. The molecule has 1 aliphatic carbocycles. The summed E-state index contributed by atoms with van der Waals surface area (Å²) < 4.78 is 5.33. The van der Waals surface area contributed by atoms with Crippen LogP contribution in [0.25, 0.3) is 0 Å². The van der Waals surface area contributed by atoms with Crippen LogP contribution >= 0.6 is 0 Å². The fourth-order valence-corrected chi connectivity index (χ4v) is 3.81. The lowest BCUT2D eigenvalue weighted by Crippen LogP contribution is -2.34. The number of carbonyl (C=O) groups is 1. The lowest BCUT2D eigenvalue weighted by Gasteiger charge is -2.42. The highest BCUT2D eigenvalue weighted by molar-refractivity contribution is 5.89. The smallest absolute Gasteiger partial charge is 0.340 e. The minimum absolute atomic E-state index is 0.0382. The average Bonchev–Trinajstić information content (AvgIpc) is 2.59. The standard InChI is InChI=1S/C23H28O3/c1-15-13-18-19(23(4,5)12-11-22(18,2)3)14-17(15)21(25)26-20(24)16-9-7-6-8-10-16/h6-10,13-14,21,25H,11-12H2,1-5H3. The summed E-state index contributed by atoms with van der Waals surface area (Å²) in [5.74, 6) is -0.519. The zero-order valence-corrected chi connectivity index (χ0v) is 16.3. The summed E-state index contributed by atoms with van der Waals surface area (Å²) >= 11 is 0. The van der Waals surface area contributed by atoms with Gasteiger partial charge in [-0.05, 0) is 65.5 Å². The fourth-order valence-electron chi connectivity index (χ4n) is 3.81. The summed E-state index contributed by atoms with van der Waals surface area (Å²) in [7, 11) is 0. The van der Waals surface area contributed by atoms with Crippen molar-refractivity contribution in [2.45, 2.75) is 64.6 Å². The van der Waals surface area contributed by atoms with Crippen molar-refractivity contribution in [3.05, 3.63) is 70.3 Å². The minimum Gasteiger partial charge on any atom is -0.428 e. The van der Waals surface area contributed by atoms with Gasteiger partial charge >= 0.3 is 5.97 Å². The van der Waals surface area contributed by atoms with E-state index in [1.165, 1.54) is 11.1 Å². The van der Waals surface area contributed by atoms with Crippen LogP contribution in [0.2, 0.25) is 0 Å². The topological polar surface area (TPSA) is 46.5 Å². The molecular weight excluding hydrogens is 324 g/mol. The zero-order valence-electron chi connectivity index (χ0n) is 16.3. The van der Waals surface area contributed by atoms with E-state index in [1.807, 2.05) is 19.1 Å². The molecule has 0 saturated carbocycles. The summed E-state index contributed by atoms with van der Waals surface area (Å²) in [5.41, 5.74) is 4.77. The van der Waals surface area contributed by atoms with E-state index >= 15 is 0 Å². The van der Waals surface area contributed by atoms with Crippen molar-refractivity contribution in [1.82, 2.24) is 0 Å². The van der Waals surface area contributed by atoms with Crippen LogP contribution in [-0.4, -0.2) is 11.1 Å². The maximum absolute atomic E-state index is 12.3. The van der Waals surface area contributed by atoms with Crippen LogP contribution < -0.4 is 0 Å². The first-order chi connectivity index (χ1) is 12.1. The van der Waals surface area contributed by atoms with Gasteiger partial charge in [0.2, 0.25) is 6.29 Å². The van der Waals surface area contributed by atoms with Crippen molar-refractivity contribution in [2.24, 2.45) is 0 Å². The van der Waals surface area contributed by atoms with Crippen molar-refractivity contribution in [3.63, 3.8) is 0 Å². The van der Waals surface area contributed by atoms with E-state index in [2.05, 4.69) is 33.8 Å². The third-order valence-corrected chi connectivity index (χ3v) is 5.73. The van der Waals surface area contributed by atoms with E-state index in [9.17, 15) is 9.90 Å². The van der Waals surface area contributed by atoms with Crippen LogP contribution in [0.3, 0.4) is 0 Å². The average molecular weight is 352 g/mol. The van der Waals surface area contributed by atoms with Crippen molar-refractivity contribution < 1.29 is 14.6 Å². The lowest BCUT2D eigenvalue weighted by molar-refractivity contribution is -0.0675. The molecule has 1 N–H and O–H groups in total. The Morgan fingerprint density at radius 3 is 2.12 bits per heavy atom. The number of hydrogen-bond donors (Lipinski definition) is 1. The molecule has 0 fully saturated rings. The molecule has 3 heteroatoms. The van der Waals surface area contributed by atoms with E-state index < -0.39 is 12.3 Å². The summed E-state index contributed by atoms with van der Waals surface area (Å²) in [6.45, 7) is 11.0. The molecule has 3 rings (SSSR count). The Hall–Kier alpha value is -2.13. The summed E-state index contributed by atoms with van der Waals surface area (Å²) in [5, 5.41) is 10.6. The predicted octanol–water partition coefficient (Wildman–Crippen LogP) is 5.19. The second-order valence-electron chi connectivity index (χ2n) is 8.65. The van der Waals surface area contributed by atoms with Gasteiger partial charge in [-0.1, -0.05) is 52.0 Å². The third-order valence-electron chi connectivity index (χ3n) is 5.73. The molecular formula is C23H28O3. The lowest BCUT2D eigenvalue weighted by atomic mass is 9.62. The van der Waals surface area contributed by atoms with Gasteiger partial charge in [0.05, 0.1) is 5.56 Å². The second kappa shape index (κ2) is 6.55. The molecule has 0 amide bonds. The largest absolute Gasteiger partial charge is 0.428 e. The van der Waals surface area contributed by atoms with Crippen molar-refractivity contribution in [3.8, 4) is 0 Å². The van der Waals surface area contributed by atoms with Gasteiger partial charge in [-0.25, -0.2) is 4.79 Å². The molecule has 2 aromatic rings. The predicted molar refractivity (Wildman–Crippen MR) is 103 cm³/mol. The van der Waals surface area contributed by atoms with Crippen LogP contribution in [0.5, 0.6) is 0 Å². The number of ether oxygens (including phenoxy) is 1. The number of aliphatic hydroxyl groups is 1. The number of carbonyl (C=O) groups excluding carboxylic acids is 1. The van der Waals surface area contributed by atoms with Gasteiger partial charge in [0.15, 0.2) is 0 Å². The first-order valence-corrected chi connectivity index (χ1v) is 9.21. The maximum atomic E-state index is 12.3. The molecule has 0 saturated heterocycles. The summed E-state index contributed by atoms with van der Waals surface area (Å²) in [4.78, 5) is 12.3. The van der Waals surface area contributed by atoms with Gasteiger partial charge in [0.1, 0.15) is 0 Å². The van der Waals surface area contributed by atoms with Crippen molar-refractivity contribution in [1.29, 1.82) is 0 Å². The van der Waals surface area contributed by atoms with Gasteiger partial charge in [0.25, 0.3) is 0 Å². The first-order valence-electron chi connectivity index (χ1n) is 9.21. The molecule has 0 aromatic heterocycles. The Bertz CT molecular complexity index is 819. The minimum atomic E-state index is -1.27. The normalized spacial score (nSPS) is 18.7. The van der Waals surface area contributed by atoms with Crippen LogP contribution in [0, 0.1) is 6.92 Å². The van der Waals surface area contributed by atoms with Gasteiger partial charge in [-0.3, -0.25) is 0 Å². The van der Waals surface area contributed by atoms with Crippen molar-refractivity contribution in [2.75, 3.05) is 0 Å². The number of fused-ring (bicyclic) bond motifs is 1. The maximum Gasteiger partial charge on any atom is 0.340 e. The monoisotopic (exact) mass is 352 g/mol. The van der Waals surface area contributed by atoms with Crippen LogP contribution in [0.15, 0.2) is 42.5 Å². The number of rotatable bonds is 3. The SMILES string of the molecule is Cc1cc2c(cc1C(O)OC(=O)c1ccccc1)C(C)(C)CCC2(C)C. The molecule has 0 bridgehead atoms. The molecule has 0 spiro atoms. The molecule has 138 valence electrons. The molecule has 0 heterocycles. The zero-order chi connectivity index (χ0) is 19.1. The van der Waals surface area contributed by atoms with E-state index in [0.717, 1.165) is 18.4 Å². The highest BCUT2D eigenvalue weighted by Crippen LogP contribution is 2.47. The summed E-state index contributed by atoms with van der Waals surface area (Å²) in [6.07, 6.45) is 0.959. The number of aryl methyl sites for hydroxylation is 1. The Morgan fingerprint density at radius 1 is 1.00 bits per heavy atom. The van der Waals surface area contributed by atoms with Crippen LogP contribution in [-0.2, 0) is 15.6 Å². The van der Waals surface area contributed by atoms with Gasteiger partial charge in [-0.15, -0.1) is 0 Å². The molecule has 2 aromatic carbocycles. The number of esters is 1. The quantitative estimate of drug-likeness (QED) is 0.611. The molecule has 0 aliphatic heterocycles. The molecule has 1 aliphatic rings. The molecule has 1 atom stereocenters. The van der Waals surface area contributed by atoms with Gasteiger partial charge in [-0.2, -0.15) is 0 Å². The van der Waals surface area contributed by atoms with E-state index in [-0.39, 0.29) is 10.8 Å². The van der Waals surface area contributed by atoms with Crippen LogP contribution in [0.1, 0.15) is 79.4 Å². The Labute approximate surface area is 156 Å². The molecule has 3 nitrogen and oxygen atoms in total. The molecule has 26 heavy (non-hydrogen) atoms. The van der Waals surface area contributed by atoms with Crippen molar-refractivity contribution >= 4 is 5.97 Å². The highest BCUT2D eigenvalue weighted by atomic mass is 16.6. The Morgan fingerprint density at radius 2 is 1.54 bits per heavy atom. The number of benzene rings is 2. The number of hydrogen-bond acceptors (Lipinski definition) is 3. The Kier molecular flexibility index (Phi) is 4.70.